The molecular formula is C26H23N. The predicted octanol–water partition coefficient (Wildman–Crippen LogP) is 7.23. The Morgan fingerprint density at radius 1 is 0.593 bits per heavy atom. The SMILES string of the molecule is C1=CC(N(c2ccccc2)c2ccc(/C=C/c3ccccc3)cc2)=CCC1. The molecule has 0 heterocycles. The van der Waals surface area contributed by atoms with E-state index in [0.717, 1.165) is 12.8 Å². The fourth-order valence-electron chi connectivity index (χ4n) is 3.28. The van der Waals surface area contributed by atoms with E-state index in [0.29, 0.717) is 0 Å². The van der Waals surface area contributed by atoms with Crippen molar-refractivity contribution in [1.82, 2.24) is 0 Å². The molecule has 1 aliphatic carbocycles. The number of para-hydroxylation sites is 1. The Kier molecular flexibility index (Phi) is 5.31. The number of allylic oxidation sites excluding steroid dienone is 3. The molecule has 0 radical (unpaired) electrons. The van der Waals surface area contributed by atoms with Crippen molar-refractivity contribution < 1.29 is 0 Å². The molecule has 3 aromatic rings. The van der Waals surface area contributed by atoms with Gasteiger partial charge in [-0.25, -0.2) is 0 Å². The maximum Gasteiger partial charge on any atom is 0.0461 e. The average molecular weight is 349 g/mol. The fraction of sp³-hybridized carbons (Fsp3) is 0.0769. The van der Waals surface area contributed by atoms with Gasteiger partial charge in [-0.1, -0.05) is 85.0 Å². The minimum absolute atomic E-state index is 1.09. The van der Waals surface area contributed by atoms with Crippen molar-refractivity contribution >= 4 is 23.5 Å². The summed E-state index contributed by atoms with van der Waals surface area (Å²) in [6, 6.07) is 29.7. The first-order valence-corrected chi connectivity index (χ1v) is 9.45. The first-order valence-electron chi connectivity index (χ1n) is 9.45. The summed E-state index contributed by atoms with van der Waals surface area (Å²) in [5.74, 6) is 0. The van der Waals surface area contributed by atoms with Crippen LogP contribution in [0.25, 0.3) is 12.2 Å². The molecule has 0 fully saturated rings. The number of anilines is 2. The van der Waals surface area contributed by atoms with Gasteiger partial charge in [0.1, 0.15) is 0 Å². The summed E-state index contributed by atoms with van der Waals surface area (Å²) < 4.78 is 0. The Hall–Kier alpha value is -3.32. The maximum absolute atomic E-state index is 2.32. The lowest BCUT2D eigenvalue weighted by molar-refractivity contribution is 0.997. The van der Waals surface area contributed by atoms with Crippen LogP contribution in [0, 0.1) is 0 Å². The summed E-state index contributed by atoms with van der Waals surface area (Å²) in [4.78, 5) is 2.32. The number of rotatable bonds is 5. The third-order valence-corrected chi connectivity index (χ3v) is 4.67. The highest BCUT2D eigenvalue weighted by Gasteiger charge is 2.13. The van der Waals surface area contributed by atoms with Crippen molar-refractivity contribution in [1.29, 1.82) is 0 Å². The van der Waals surface area contributed by atoms with Gasteiger partial charge in [0.05, 0.1) is 0 Å². The Balaban J connectivity index is 1.62. The van der Waals surface area contributed by atoms with Crippen LogP contribution in [-0.4, -0.2) is 0 Å². The van der Waals surface area contributed by atoms with Crippen molar-refractivity contribution in [3.05, 3.63) is 120 Å². The van der Waals surface area contributed by atoms with Gasteiger partial charge in [0.2, 0.25) is 0 Å². The van der Waals surface area contributed by atoms with Crippen molar-refractivity contribution in [2.75, 3.05) is 4.90 Å². The molecule has 0 N–H and O–H groups in total. The van der Waals surface area contributed by atoms with Crippen molar-refractivity contribution in [2.45, 2.75) is 12.8 Å². The highest BCUT2D eigenvalue weighted by atomic mass is 15.1. The van der Waals surface area contributed by atoms with E-state index in [1.54, 1.807) is 0 Å². The van der Waals surface area contributed by atoms with Gasteiger partial charge >= 0.3 is 0 Å². The molecule has 0 saturated carbocycles. The van der Waals surface area contributed by atoms with E-state index in [1.165, 1.54) is 28.2 Å². The molecule has 0 aliphatic heterocycles. The Morgan fingerprint density at radius 3 is 1.81 bits per heavy atom. The second-order valence-electron chi connectivity index (χ2n) is 6.62. The van der Waals surface area contributed by atoms with Crippen LogP contribution in [0.3, 0.4) is 0 Å². The van der Waals surface area contributed by atoms with Crippen LogP contribution in [0.4, 0.5) is 11.4 Å². The molecular weight excluding hydrogens is 326 g/mol. The maximum atomic E-state index is 2.32. The van der Waals surface area contributed by atoms with E-state index >= 15 is 0 Å². The molecule has 1 aliphatic rings. The third-order valence-electron chi connectivity index (χ3n) is 4.67. The summed E-state index contributed by atoms with van der Waals surface area (Å²) in [5.41, 5.74) is 6.01. The Bertz CT molecular complexity index is 948. The largest absolute Gasteiger partial charge is 0.311 e. The second kappa shape index (κ2) is 8.37. The molecule has 3 aromatic carbocycles. The molecule has 0 aromatic heterocycles. The standard InChI is InChI=1S/C26H23N/c1-4-10-22(11-5-1)16-17-23-18-20-26(21-19-23)27(24-12-6-2-7-13-24)25-14-8-3-9-15-25/h1-2,4-8,10-21H,3,9H2/b17-16+. The third kappa shape index (κ3) is 4.27. The lowest BCUT2D eigenvalue weighted by Gasteiger charge is -2.27. The van der Waals surface area contributed by atoms with Crippen LogP contribution in [-0.2, 0) is 0 Å². The number of hydrogen-bond donors (Lipinski definition) is 0. The Labute approximate surface area is 161 Å². The second-order valence-corrected chi connectivity index (χ2v) is 6.62. The molecule has 4 rings (SSSR count). The molecule has 0 atom stereocenters. The van der Waals surface area contributed by atoms with Crippen molar-refractivity contribution in [3.63, 3.8) is 0 Å². The number of benzene rings is 3. The first-order chi connectivity index (χ1) is 13.4. The van der Waals surface area contributed by atoms with Gasteiger partial charge in [-0.05, 0) is 54.3 Å². The zero-order valence-corrected chi connectivity index (χ0v) is 15.3. The van der Waals surface area contributed by atoms with E-state index in [2.05, 4.69) is 114 Å². The van der Waals surface area contributed by atoms with Gasteiger partial charge in [0, 0.05) is 17.1 Å². The summed E-state index contributed by atoms with van der Waals surface area (Å²) >= 11 is 0. The van der Waals surface area contributed by atoms with Crippen LogP contribution in [0.15, 0.2) is 109 Å². The molecule has 1 heteroatoms. The lowest BCUT2D eigenvalue weighted by atomic mass is 10.1. The average Bonchev–Trinajstić information content (AvgIpc) is 2.76. The fourth-order valence-corrected chi connectivity index (χ4v) is 3.28. The van der Waals surface area contributed by atoms with Gasteiger partial charge in [0.15, 0.2) is 0 Å². The highest BCUT2D eigenvalue weighted by Crippen LogP contribution is 2.32. The molecule has 0 spiro atoms. The summed E-state index contributed by atoms with van der Waals surface area (Å²) in [6.07, 6.45) is 13.3. The van der Waals surface area contributed by atoms with Crippen molar-refractivity contribution in [3.8, 4) is 0 Å². The van der Waals surface area contributed by atoms with Crippen LogP contribution in [0.1, 0.15) is 24.0 Å². The van der Waals surface area contributed by atoms with Crippen LogP contribution in [0.5, 0.6) is 0 Å². The molecule has 0 amide bonds. The topological polar surface area (TPSA) is 3.24 Å². The van der Waals surface area contributed by atoms with Gasteiger partial charge in [0.25, 0.3) is 0 Å². The Morgan fingerprint density at radius 2 is 1.19 bits per heavy atom. The molecule has 1 nitrogen and oxygen atoms in total. The van der Waals surface area contributed by atoms with E-state index in [1.807, 2.05) is 6.07 Å². The van der Waals surface area contributed by atoms with Crippen LogP contribution in [0.2, 0.25) is 0 Å². The van der Waals surface area contributed by atoms with Crippen LogP contribution >= 0.6 is 0 Å². The number of nitrogens with zero attached hydrogens (tertiary/aromatic N) is 1. The van der Waals surface area contributed by atoms with Gasteiger partial charge < -0.3 is 4.90 Å². The monoisotopic (exact) mass is 349 g/mol. The quantitative estimate of drug-likeness (QED) is 0.439. The van der Waals surface area contributed by atoms with Crippen molar-refractivity contribution in [2.24, 2.45) is 0 Å². The highest BCUT2D eigenvalue weighted by molar-refractivity contribution is 5.74. The van der Waals surface area contributed by atoms with E-state index in [9.17, 15) is 0 Å². The normalized spacial score (nSPS) is 13.6. The molecule has 0 unspecified atom stereocenters. The molecule has 132 valence electrons. The van der Waals surface area contributed by atoms with Gasteiger partial charge in [-0.3, -0.25) is 0 Å². The smallest absolute Gasteiger partial charge is 0.0461 e. The first kappa shape index (κ1) is 17.1. The van der Waals surface area contributed by atoms with Crippen LogP contribution < -0.4 is 4.90 Å². The minimum atomic E-state index is 1.09. The molecule has 27 heavy (non-hydrogen) atoms. The van der Waals surface area contributed by atoms with Gasteiger partial charge in [-0.2, -0.15) is 0 Å². The predicted molar refractivity (Wildman–Crippen MR) is 117 cm³/mol. The summed E-state index contributed by atoms with van der Waals surface area (Å²) in [5, 5.41) is 0. The summed E-state index contributed by atoms with van der Waals surface area (Å²) in [7, 11) is 0. The zero-order chi connectivity index (χ0) is 18.3. The van der Waals surface area contributed by atoms with E-state index in [-0.39, 0.29) is 0 Å². The lowest BCUT2D eigenvalue weighted by Crippen LogP contribution is -2.16. The van der Waals surface area contributed by atoms with E-state index in [4.69, 9.17) is 0 Å². The molecule has 0 bridgehead atoms. The molecule has 0 saturated heterocycles. The minimum Gasteiger partial charge on any atom is -0.311 e. The summed E-state index contributed by atoms with van der Waals surface area (Å²) in [6.45, 7) is 0. The number of hydrogen-bond acceptors (Lipinski definition) is 1. The van der Waals surface area contributed by atoms with Gasteiger partial charge in [-0.15, -0.1) is 0 Å². The van der Waals surface area contributed by atoms with E-state index < -0.39 is 0 Å². The zero-order valence-electron chi connectivity index (χ0n) is 15.3.